The van der Waals surface area contributed by atoms with Gasteiger partial charge < -0.3 is 15.0 Å². The molecule has 1 saturated heterocycles. The molecule has 1 aliphatic rings. The lowest BCUT2D eigenvalue weighted by atomic mass is 9.97. The number of hydrogen-bond donors (Lipinski definition) is 1. The quantitative estimate of drug-likeness (QED) is 0.294. The second-order valence-corrected chi connectivity index (χ2v) is 8.37. The summed E-state index contributed by atoms with van der Waals surface area (Å²) in [4.78, 5) is 46.9. The maximum atomic E-state index is 13.1. The van der Waals surface area contributed by atoms with Gasteiger partial charge in [-0.15, -0.1) is 0 Å². The Kier molecular flexibility index (Phi) is 7.51. The molecule has 2 aromatic carbocycles. The summed E-state index contributed by atoms with van der Waals surface area (Å²) in [6.45, 7) is 1.22. The van der Waals surface area contributed by atoms with Gasteiger partial charge in [0.15, 0.2) is 0 Å². The van der Waals surface area contributed by atoms with E-state index < -0.39 is 22.9 Å². The van der Waals surface area contributed by atoms with E-state index in [1.807, 2.05) is 0 Å². The number of carbonyl (C=O) groups is 2. The molecule has 10 nitrogen and oxygen atoms in total. The van der Waals surface area contributed by atoms with Gasteiger partial charge in [0.2, 0.25) is 6.10 Å². The van der Waals surface area contributed by atoms with Crippen molar-refractivity contribution in [1.82, 2.24) is 9.97 Å². The van der Waals surface area contributed by atoms with Crippen LogP contribution in [0.15, 0.2) is 67.1 Å². The summed E-state index contributed by atoms with van der Waals surface area (Å²) in [6, 6.07) is 12.3. The Bertz CT molecular complexity index is 1200. The highest BCUT2D eigenvalue weighted by molar-refractivity contribution is 6.34. The van der Waals surface area contributed by atoms with Gasteiger partial charge >= 0.3 is 5.97 Å². The molecule has 4 rings (SSSR count). The van der Waals surface area contributed by atoms with Crippen LogP contribution in [0, 0.1) is 16.0 Å². The Morgan fingerprint density at radius 1 is 1.14 bits per heavy atom. The van der Waals surface area contributed by atoms with E-state index in [4.69, 9.17) is 16.3 Å². The molecule has 1 aromatic heterocycles. The van der Waals surface area contributed by atoms with Crippen LogP contribution in [0.25, 0.3) is 0 Å². The standard InChI is InChI=1S/C24H22ClN5O5/c25-19-14-18(30(33)34)6-7-20(19)28-23(31)22(16-4-2-1-3-5-16)35-24(32)17-8-12-29(13-9-17)21-15-26-10-11-27-21/h1-7,10-11,14-15,17,22H,8-9,12-13H2,(H,28,31)/t22-/m0/s1. The van der Waals surface area contributed by atoms with Gasteiger partial charge in [-0.05, 0) is 18.9 Å². The zero-order chi connectivity index (χ0) is 24.8. The van der Waals surface area contributed by atoms with Gasteiger partial charge in [0.1, 0.15) is 5.82 Å². The number of carbonyl (C=O) groups excluding carboxylic acids is 2. The topological polar surface area (TPSA) is 128 Å². The van der Waals surface area contributed by atoms with Crippen LogP contribution >= 0.6 is 11.6 Å². The van der Waals surface area contributed by atoms with Crippen molar-refractivity contribution in [3.8, 4) is 0 Å². The number of benzene rings is 2. The number of rotatable bonds is 7. The van der Waals surface area contributed by atoms with E-state index >= 15 is 0 Å². The van der Waals surface area contributed by atoms with Crippen molar-refractivity contribution in [2.45, 2.75) is 18.9 Å². The summed E-state index contributed by atoms with van der Waals surface area (Å²) in [5, 5.41) is 13.6. The molecule has 35 heavy (non-hydrogen) atoms. The van der Waals surface area contributed by atoms with Gasteiger partial charge in [0, 0.05) is 43.2 Å². The second kappa shape index (κ2) is 10.9. The number of piperidine rings is 1. The number of non-ortho nitro benzene ring substituents is 1. The first-order valence-corrected chi connectivity index (χ1v) is 11.3. The molecule has 1 N–H and O–H groups in total. The highest BCUT2D eigenvalue weighted by Crippen LogP contribution is 2.30. The molecule has 1 amide bonds. The van der Waals surface area contributed by atoms with E-state index in [1.54, 1.807) is 48.9 Å². The van der Waals surface area contributed by atoms with E-state index in [1.165, 1.54) is 12.1 Å². The summed E-state index contributed by atoms with van der Waals surface area (Å²) >= 11 is 6.12. The summed E-state index contributed by atoms with van der Waals surface area (Å²) in [7, 11) is 0. The molecule has 0 radical (unpaired) electrons. The number of halogens is 1. The fourth-order valence-electron chi connectivity index (χ4n) is 3.83. The minimum absolute atomic E-state index is 0.00192. The lowest BCUT2D eigenvalue weighted by Gasteiger charge is -2.32. The molecule has 0 bridgehead atoms. The third-order valence-corrected chi connectivity index (χ3v) is 6.01. The lowest BCUT2D eigenvalue weighted by Crippen LogP contribution is -2.38. The van der Waals surface area contributed by atoms with Gasteiger partial charge in [0.05, 0.1) is 27.7 Å². The molecule has 2 heterocycles. The van der Waals surface area contributed by atoms with Crippen molar-refractivity contribution in [2.75, 3.05) is 23.3 Å². The molecule has 0 aliphatic carbocycles. The van der Waals surface area contributed by atoms with E-state index in [0.29, 0.717) is 31.5 Å². The molecule has 3 aromatic rings. The van der Waals surface area contributed by atoms with Crippen molar-refractivity contribution < 1.29 is 19.2 Å². The van der Waals surface area contributed by atoms with E-state index in [0.717, 1.165) is 11.9 Å². The lowest BCUT2D eigenvalue weighted by molar-refractivity contribution is -0.384. The van der Waals surface area contributed by atoms with Crippen molar-refractivity contribution in [2.24, 2.45) is 5.92 Å². The van der Waals surface area contributed by atoms with Crippen molar-refractivity contribution in [1.29, 1.82) is 0 Å². The molecular formula is C24H22ClN5O5. The average Bonchev–Trinajstić information content (AvgIpc) is 2.89. The number of esters is 1. The van der Waals surface area contributed by atoms with E-state index in [-0.39, 0.29) is 22.3 Å². The van der Waals surface area contributed by atoms with Crippen LogP contribution in [-0.4, -0.2) is 39.9 Å². The van der Waals surface area contributed by atoms with E-state index in [2.05, 4.69) is 20.2 Å². The molecule has 1 atom stereocenters. The summed E-state index contributed by atoms with van der Waals surface area (Å²) in [6.07, 6.45) is 4.78. The predicted octanol–water partition coefficient (Wildman–Crippen LogP) is 4.18. The average molecular weight is 496 g/mol. The second-order valence-electron chi connectivity index (χ2n) is 7.96. The number of nitro benzene ring substituents is 1. The van der Waals surface area contributed by atoms with Crippen LogP contribution in [0.1, 0.15) is 24.5 Å². The molecular weight excluding hydrogens is 474 g/mol. The number of anilines is 2. The van der Waals surface area contributed by atoms with Gasteiger partial charge in [-0.3, -0.25) is 24.7 Å². The zero-order valence-electron chi connectivity index (χ0n) is 18.5. The zero-order valence-corrected chi connectivity index (χ0v) is 19.3. The van der Waals surface area contributed by atoms with Crippen LogP contribution in [0.3, 0.4) is 0 Å². The highest BCUT2D eigenvalue weighted by Gasteiger charge is 2.32. The molecule has 1 aliphatic heterocycles. The smallest absolute Gasteiger partial charge is 0.310 e. The minimum Gasteiger partial charge on any atom is -0.447 e. The van der Waals surface area contributed by atoms with Crippen molar-refractivity contribution >= 4 is 40.7 Å². The molecule has 1 fully saturated rings. The van der Waals surface area contributed by atoms with E-state index in [9.17, 15) is 19.7 Å². The predicted molar refractivity (Wildman–Crippen MR) is 129 cm³/mol. The van der Waals surface area contributed by atoms with Crippen molar-refractivity contribution in [3.63, 3.8) is 0 Å². The Hall–Kier alpha value is -4.05. The number of nitrogens with one attached hydrogen (secondary N) is 1. The number of amides is 1. The molecule has 0 unspecified atom stereocenters. The van der Waals surface area contributed by atoms with Crippen LogP contribution in [0.4, 0.5) is 17.2 Å². The first kappa shape index (κ1) is 24.1. The number of nitro groups is 1. The first-order valence-electron chi connectivity index (χ1n) is 10.9. The Labute approximate surface area is 206 Å². The molecule has 180 valence electrons. The third-order valence-electron chi connectivity index (χ3n) is 5.70. The summed E-state index contributed by atoms with van der Waals surface area (Å²) in [5.41, 5.74) is 0.469. The molecule has 0 spiro atoms. The molecule has 11 heteroatoms. The number of aromatic nitrogens is 2. The fourth-order valence-corrected chi connectivity index (χ4v) is 4.05. The maximum absolute atomic E-state index is 13.1. The number of hydrogen-bond acceptors (Lipinski definition) is 8. The van der Waals surface area contributed by atoms with Gasteiger partial charge in [-0.25, -0.2) is 4.98 Å². The third kappa shape index (κ3) is 5.90. The summed E-state index contributed by atoms with van der Waals surface area (Å²) in [5.74, 6) is -0.703. The maximum Gasteiger partial charge on any atom is 0.310 e. The summed E-state index contributed by atoms with van der Waals surface area (Å²) < 4.78 is 5.70. The first-order chi connectivity index (χ1) is 16.9. The molecule has 0 saturated carbocycles. The van der Waals surface area contributed by atoms with Crippen LogP contribution in [0.2, 0.25) is 5.02 Å². The van der Waals surface area contributed by atoms with Gasteiger partial charge in [-0.1, -0.05) is 41.9 Å². The minimum atomic E-state index is -1.21. The Balaban J connectivity index is 1.45. The van der Waals surface area contributed by atoms with Gasteiger partial charge in [0.25, 0.3) is 11.6 Å². The normalized spacial score (nSPS) is 14.7. The van der Waals surface area contributed by atoms with Gasteiger partial charge in [-0.2, -0.15) is 0 Å². The van der Waals surface area contributed by atoms with Crippen LogP contribution < -0.4 is 10.2 Å². The van der Waals surface area contributed by atoms with Crippen molar-refractivity contribution in [3.05, 3.63) is 87.8 Å². The fraction of sp³-hybridized carbons (Fsp3) is 0.250. The monoisotopic (exact) mass is 495 g/mol. The van der Waals surface area contributed by atoms with Crippen LogP contribution in [-0.2, 0) is 14.3 Å². The number of nitrogens with zero attached hydrogens (tertiary/aromatic N) is 4. The highest BCUT2D eigenvalue weighted by atomic mass is 35.5. The largest absolute Gasteiger partial charge is 0.447 e. The van der Waals surface area contributed by atoms with Crippen LogP contribution in [0.5, 0.6) is 0 Å². The Morgan fingerprint density at radius 3 is 2.51 bits per heavy atom. The Morgan fingerprint density at radius 2 is 1.89 bits per heavy atom. The number of ether oxygens (including phenoxy) is 1. The SMILES string of the molecule is O=C(O[C@H](C(=O)Nc1ccc([N+](=O)[O-])cc1Cl)c1ccccc1)C1CCN(c2cnccn2)CC1.